The van der Waals surface area contributed by atoms with E-state index < -0.39 is 14.9 Å². The number of nitro benzene ring substituents is 1. The second kappa shape index (κ2) is 6.88. The largest absolute Gasteiger partial charge is 0.276 e. The zero-order chi connectivity index (χ0) is 17.0. The smallest absolute Gasteiger partial charge is 0.258 e. The molecule has 0 aliphatic carbocycles. The van der Waals surface area contributed by atoms with Crippen molar-refractivity contribution in [3.05, 3.63) is 68.2 Å². The zero-order valence-electron chi connectivity index (χ0n) is 11.9. The molecule has 23 heavy (non-hydrogen) atoms. The van der Waals surface area contributed by atoms with Gasteiger partial charge in [-0.3, -0.25) is 10.1 Å². The summed E-state index contributed by atoms with van der Waals surface area (Å²) >= 11 is 3.31. The molecule has 0 aromatic heterocycles. The number of halogens is 1. The Morgan fingerprint density at radius 1 is 1.26 bits per heavy atom. The van der Waals surface area contributed by atoms with E-state index in [1.54, 1.807) is 18.2 Å². The molecule has 2 aromatic carbocycles. The first-order chi connectivity index (χ1) is 10.8. The summed E-state index contributed by atoms with van der Waals surface area (Å²) in [6.45, 7) is 1.53. The maximum absolute atomic E-state index is 12.1. The van der Waals surface area contributed by atoms with Crippen LogP contribution in [0.15, 0.2) is 56.9 Å². The van der Waals surface area contributed by atoms with Crippen molar-refractivity contribution in [2.45, 2.75) is 11.8 Å². The molecule has 0 saturated heterocycles. The van der Waals surface area contributed by atoms with E-state index >= 15 is 0 Å². The number of nitrogens with zero attached hydrogens (tertiary/aromatic N) is 2. The molecule has 2 rings (SSSR count). The van der Waals surface area contributed by atoms with Gasteiger partial charge < -0.3 is 0 Å². The predicted molar refractivity (Wildman–Crippen MR) is 89.9 cm³/mol. The van der Waals surface area contributed by atoms with Crippen LogP contribution in [-0.4, -0.2) is 19.6 Å². The van der Waals surface area contributed by atoms with Crippen molar-refractivity contribution in [1.82, 2.24) is 4.83 Å². The van der Waals surface area contributed by atoms with Crippen molar-refractivity contribution in [1.29, 1.82) is 0 Å². The third kappa shape index (κ3) is 4.14. The molecule has 2 aromatic rings. The summed E-state index contributed by atoms with van der Waals surface area (Å²) in [4.78, 5) is 12.1. The molecule has 0 spiro atoms. The van der Waals surface area contributed by atoms with Crippen LogP contribution in [0.1, 0.15) is 11.1 Å². The minimum Gasteiger partial charge on any atom is -0.258 e. The fourth-order valence-electron chi connectivity index (χ4n) is 1.75. The Kier molecular flexibility index (Phi) is 5.12. The molecular formula is C14H12BrN3O4S. The topological polar surface area (TPSA) is 102 Å². The molecular weight excluding hydrogens is 386 g/mol. The minimum atomic E-state index is -3.98. The molecule has 0 atom stereocenters. The molecule has 0 saturated carbocycles. The van der Waals surface area contributed by atoms with Gasteiger partial charge in [-0.05, 0) is 19.1 Å². The van der Waals surface area contributed by atoms with Crippen molar-refractivity contribution in [2.24, 2.45) is 5.10 Å². The van der Waals surface area contributed by atoms with Crippen LogP contribution in [0.25, 0.3) is 0 Å². The summed E-state index contributed by atoms with van der Waals surface area (Å²) < 4.78 is 25.0. The van der Waals surface area contributed by atoms with Gasteiger partial charge in [0.05, 0.1) is 16.0 Å². The van der Waals surface area contributed by atoms with Gasteiger partial charge in [0.2, 0.25) is 0 Å². The Balaban J connectivity index is 2.24. The summed E-state index contributed by atoms with van der Waals surface area (Å²) in [5.74, 6) is 0. The van der Waals surface area contributed by atoms with Gasteiger partial charge in [0, 0.05) is 21.7 Å². The molecule has 0 fully saturated rings. The number of aryl methyl sites for hydroxylation is 1. The summed E-state index contributed by atoms with van der Waals surface area (Å²) in [7, 11) is -3.98. The Morgan fingerprint density at radius 3 is 2.61 bits per heavy atom. The summed E-state index contributed by atoms with van der Waals surface area (Å²) in [6.07, 6.45) is 1.34. The first kappa shape index (κ1) is 17.1. The van der Waals surface area contributed by atoms with Gasteiger partial charge in [-0.2, -0.15) is 13.5 Å². The van der Waals surface area contributed by atoms with Gasteiger partial charge in [0.1, 0.15) is 0 Å². The number of hydrogen-bond acceptors (Lipinski definition) is 5. The van der Waals surface area contributed by atoms with Crippen LogP contribution in [0.3, 0.4) is 0 Å². The Bertz CT molecular complexity index is 881. The van der Waals surface area contributed by atoms with Crippen molar-refractivity contribution in [3.63, 3.8) is 0 Å². The highest BCUT2D eigenvalue weighted by Gasteiger charge is 2.19. The quantitative estimate of drug-likeness (QED) is 0.475. The number of benzene rings is 2. The summed E-state index contributed by atoms with van der Waals surface area (Å²) in [5.41, 5.74) is 0.804. The number of hydrazone groups is 1. The van der Waals surface area contributed by atoms with Gasteiger partial charge in [-0.1, -0.05) is 40.2 Å². The average Bonchev–Trinajstić information content (AvgIpc) is 2.49. The summed E-state index contributed by atoms with van der Waals surface area (Å²) in [5, 5.41) is 14.6. The normalized spacial score (nSPS) is 11.6. The van der Waals surface area contributed by atoms with Crippen LogP contribution in [0.2, 0.25) is 0 Å². The predicted octanol–water partition coefficient (Wildman–Crippen LogP) is 2.98. The second-order valence-corrected chi connectivity index (χ2v) is 7.10. The molecule has 0 aliphatic rings. The number of nitro groups is 1. The second-order valence-electron chi connectivity index (χ2n) is 4.58. The van der Waals surface area contributed by atoms with Gasteiger partial charge in [-0.25, -0.2) is 4.83 Å². The SMILES string of the molecule is Cc1ccc(S(=O)(=O)N/N=C\c2ccccc2Br)cc1[N+](=O)[O-]. The van der Waals surface area contributed by atoms with Crippen molar-refractivity contribution in [2.75, 3.05) is 0 Å². The lowest BCUT2D eigenvalue weighted by Crippen LogP contribution is -2.18. The lowest BCUT2D eigenvalue weighted by atomic mass is 10.2. The standard InChI is InChI=1S/C14H12BrN3O4S/c1-10-6-7-12(8-14(10)18(19)20)23(21,22)17-16-9-11-4-2-3-5-13(11)15/h2-9,17H,1H3/b16-9-. The molecule has 9 heteroatoms. The van der Waals surface area contributed by atoms with Gasteiger partial charge in [0.15, 0.2) is 0 Å². The molecule has 0 radical (unpaired) electrons. The molecule has 7 nitrogen and oxygen atoms in total. The van der Waals surface area contributed by atoms with E-state index in [1.807, 2.05) is 10.9 Å². The highest BCUT2D eigenvalue weighted by atomic mass is 79.9. The lowest BCUT2D eigenvalue weighted by Gasteiger charge is -2.04. The van der Waals surface area contributed by atoms with Gasteiger partial charge >= 0.3 is 0 Å². The first-order valence-corrected chi connectivity index (χ1v) is 8.63. The third-order valence-corrected chi connectivity index (χ3v) is 4.91. The van der Waals surface area contributed by atoms with Crippen LogP contribution in [0.5, 0.6) is 0 Å². The Labute approximate surface area is 141 Å². The molecule has 1 N–H and O–H groups in total. The fraction of sp³-hybridized carbons (Fsp3) is 0.0714. The maximum atomic E-state index is 12.1. The number of hydrogen-bond donors (Lipinski definition) is 1. The number of nitrogens with one attached hydrogen (secondary N) is 1. The van der Waals surface area contributed by atoms with Crippen molar-refractivity contribution >= 4 is 37.9 Å². The van der Waals surface area contributed by atoms with E-state index in [2.05, 4.69) is 21.0 Å². The Hall–Kier alpha value is -2.26. The number of rotatable bonds is 5. The zero-order valence-corrected chi connectivity index (χ0v) is 14.3. The Morgan fingerprint density at radius 2 is 1.96 bits per heavy atom. The third-order valence-electron chi connectivity index (χ3n) is 2.97. The van der Waals surface area contributed by atoms with E-state index in [9.17, 15) is 18.5 Å². The highest BCUT2D eigenvalue weighted by Crippen LogP contribution is 2.22. The fourth-order valence-corrected chi connectivity index (χ4v) is 2.95. The van der Waals surface area contributed by atoms with Gasteiger partial charge in [-0.15, -0.1) is 0 Å². The molecule has 0 aliphatic heterocycles. The van der Waals surface area contributed by atoms with Crippen molar-refractivity contribution in [3.8, 4) is 0 Å². The number of sulfonamides is 1. The summed E-state index contributed by atoms with van der Waals surface area (Å²) in [6, 6.07) is 10.8. The molecule has 0 bridgehead atoms. The first-order valence-electron chi connectivity index (χ1n) is 6.36. The van der Waals surface area contributed by atoms with Crippen LogP contribution < -0.4 is 4.83 Å². The lowest BCUT2D eigenvalue weighted by molar-refractivity contribution is -0.385. The molecule has 120 valence electrons. The average molecular weight is 398 g/mol. The molecule has 0 heterocycles. The molecule has 0 unspecified atom stereocenters. The maximum Gasteiger partial charge on any atom is 0.276 e. The monoisotopic (exact) mass is 397 g/mol. The van der Waals surface area contributed by atoms with Crippen LogP contribution in [0, 0.1) is 17.0 Å². The van der Waals surface area contributed by atoms with E-state index in [4.69, 9.17) is 0 Å². The van der Waals surface area contributed by atoms with E-state index in [0.29, 0.717) is 11.1 Å². The van der Waals surface area contributed by atoms with E-state index in [1.165, 1.54) is 25.3 Å². The molecule has 0 amide bonds. The van der Waals surface area contributed by atoms with Crippen LogP contribution in [0.4, 0.5) is 5.69 Å². The minimum absolute atomic E-state index is 0.223. The highest BCUT2D eigenvalue weighted by molar-refractivity contribution is 9.10. The van der Waals surface area contributed by atoms with Crippen LogP contribution in [-0.2, 0) is 10.0 Å². The van der Waals surface area contributed by atoms with E-state index in [-0.39, 0.29) is 10.6 Å². The van der Waals surface area contributed by atoms with Crippen molar-refractivity contribution < 1.29 is 13.3 Å². The van der Waals surface area contributed by atoms with Crippen LogP contribution >= 0.6 is 15.9 Å². The van der Waals surface area contributed by atoms with E-state index in [0.717, 1.165) is 10.5 Å². The van der Waals surface area contributed by atoms with Gasteiger partial charge in [0.25, 0.3) is 15.7 Å².